The van der Waals surface area contributed by atoms with Gasteiger partial charge in [0.05, 0.1) is 6.04 Å². The number of aldehydes is 1. The molecule has 0 radical (unpaired) electrons. The summed E-state index contributed by atoms with van der Waals surface area (Å²) in [6, 6.07) is 2.11. The van der Waals surface area contributed by atoms with Crippen molar-refractivity contribution in [3.8, 4) is 0 Å². The van der Waals surface area contributed by atoms with Crippen LogP contribution in [-0.2, 0) is 25.6 Å². The summed E-state index contributed by atoms with van der Waals surface area (Å²) in [6.45, 7) is 4.28. The molecule has 192 valence electrons. The van der Waals surface area contributed by atoms with Gasteiger partial charge in [0.15, 0.2) is 0 Å². The van der Waals surface area contributed by atoms with Crippen LogP contribution in [0.2, 0.25) is 0 Å². The monoisotopic (exact) mass is 492 g/mol. The van der Waals surface area contributed by atoms with Crippen LogP contribution < -0.4 is 21.3 Å². The maximum absolute atomic E-state index is 13.2. The minimum Gasteiger partial charge on any atom is -0.465 e. The molecule has 0 aliphatic carbocycles. The van der Waals surface area contributed by atoms with Gasteiger partial charge in [-0.2, -0.15) is 0 Å². The summed E-state index contributed by atoms with van der Waals surface area (Å²) in [4.78, 5) is 60.8. The Hall–Kier alpha value is -3.50. The Morgan fingerprint density at radius 3 is 2.34 bits per heavy atom. The summed E-state index contributed by atoms with van der Waals surface area (Å²) in [5.74, 6) is -2.36. The fourth-order valence-electron chi connectivity index (χ4n) is 3.99. The first kappa shape index (κ1) is 27.7. The van der Waals surface area contributed by atoms with Crippen LogP contribution in [0, 0.1) is 17.7 Å². The predicted molar refractivity (Wildman–Crippen MR) is 125 cm³/mol. The van der Waals surface area contributed by atoms with Crippen LogP contribution in [0.4, 0.5) is 9.18 Å². The van der Waals surface area contributed by atoms with E-state index < -0.39 is 47.8 Å². The second-order valence-corrected chi connectivity index (χ2v) is 9.14. The molecule has 0 bridgehead atoms. The van der Waals surface area contributed by atoms with Crippen molar-refractivity contribution in [3.05, 3.63) is 35.6 Å². The Morgan fingerprint density at radius 1 is 1.11 bits per heavy atom. The highest BCUT2D eigenvalue weighted by Crippen LogP contribution is 2.17. The molecule has 0 unspecified atom stereocenters. The second kappa shape index (κ2) is 13.4. The number of rotatable bonds is 12. The molecule has 1 aliphatic heterocycles. The van der Waals surface area contributed by atoms with Gasteiger partial charge in [0.25, 0.3) is 0 Å². The molecule has 10 nitrogen and oxygen atoms in total. The van der Waals surface area contributed by atoms with Gasteiger partial charge in [0, 0.05) is 18.9 Å². The summed E-state index contributed by atoms with van der Waals surface area (Å²) in [7, 11) is 0. The van der Waals surface area contributed by atoms with E-state index in [2.05, 4.69) is 21.3 Å². The van der Waals surface area contributed by atoms with Crippen molar-refractivity contribution in [2.45, 2.75) is 64.1 Å². The number of hydrogen-bond donors (Lipinski definition) is 5. The topological polar surface area (TPSA) is 154 Å². The molecule has 1 fully saturated rings. The first-order valence-electron chi connectivity index (χ1n) is 11.7. The molecular formula is C24H33FN4O6. The Labute approximate surface area is 203 Å². The highest BCUT2D eigenvalue weighted by Gasteiger charge is 2.31. The van der Waals surface area contributed by atoms with E-state index in [-0.39, 0.29) is 31.1 Å². The first-order valence-corrected chi connectivity index (χ1v) is 11.7. The largest absolute Gasteiger partial charge is 0.465 e. The average Bonchev–Trinajstić information content (AvgIpc) is 2.79. The lowest BCUT2D eigenvalue weighted by Crippen LogP contribution is -2.56. The van der Waals surface area contributed by atoms with Gasteiger partial charge in [-0.3, -0.25) is 14.4 Å². The third kappa shape index (κ3) is 9.34. The summed E-state index contributed by atoms with van der Waals surface area (Å²) in [5.41, 5.74) is 0.525. The van der Waals surface area contributed by atoms with Crippen LogP contribution in [0.25, 0.3) is 0 Å². The first-order chi connectivity index (χ1) is 16.6. The molecule has 1 aromatic carbocycles. The highest BCUT2D eigenvalue weighted by molar-refractivity contribution is 5.92. The Bertz CT molecular complexity index is 908. The molecule has 4 atom stereocenters. The van der Waals surface area contributed by atoms with Crippen LogP contribution in [0.15, 0.2) is 24.3 Å². The van der Waals surface area contributed by atoms with E-state index in [1.165, 1.54) is 24.3 Å². The Balaban J connectivity index is 2.09. The lowest BCUT2D eigenvalue weighted by atomic mass is 9.91. The number of amides is 4. The number of benzene rings is 1. The van der Waals surface area contributed by atoms with Crippen molar-refractivity contribution in [1.29, 1.82) is 0 Å². The lowest BCUT2D eigenvalue weighted by Gasteiger charge is -2.27. The molecule has 5 N–H and O–H groups in total. The number of nitrogens with one attached hydrogen (secondary N) is 4. The molecular weight excluding hydrogens is 459 g/mol. The van der Waals surface area contributed by atoms with Crippen molar-refractivity contribution >= 4 is 30.1 Å². The number of halogens is 1. The van der Waals surface area contributed by atoms with Crippen molar-refractivity contribution in [1.82, 2.24) is 21.3 Å². The molecule has 0 spiro atoms. The minimum atomic E-state index is -1.43. The maximum atomic E-state index is 13.2. The fraction of sp³-hybridized carbons (Fsp3) is 0.542. The molecule has 0 saturated carbocycles. The minimum absolute atomic E-state index is 0.00663. The highest BCUT2D eigenvalue weighted by atomic mass is 19.1. The van der Waals surface area contributed by atoms with E-state index in [1.807, 2.05) is 13.8 Å². The van der Waals surface area contributed by atoms with Crippen molar-refractivity contribution in [2.75, 3.05) is 6.54 Å². The average molecular weight is 493 g/mol. The van der Waals surface area contributed by atoms with Gasteiger partial charge in [-0.15, -0.1) is 0 Å². The molecule has 0 aromatic heterocycles. The smallest absolute Gasteiger partial charge is 0.405 e. The summed E-state index contributed by atoms with van der Waals surface area (Å²) < 4.78 is 13.2. The molecule has 1 saturated heterocycles. The summed E-state index contributed by atoms with van der Waals surface area (Å²) in [5, 5.41) is 19.2. The second-order valence-electron chi connectivity index (χ2n) is 9.14. The molecule has 2 rings (SSSR count). The lowest BCUT2D eigenvalue weighted by molar-refractivity contribution is -0.132. The van der Waals surface area contributed by atoms with Crippen molar-refractivity contribution in [3.63, 3.8) is 0 Å². The van der Waals surface area contributed by atoms with E-state index in [1.54, 1.807) is 0 Å². The van der Waals surface area contributed by atoms with Crippen LogP contribution in [0.1, 0.15) is 45.1 Å². The third-order valence-corrected chi connectivity index (χ3v) is 5.74. The Morgan fingerprint density at radius 2 is 1.77 bits per heavy atom. The van der Waals surface area contributed by atoms with Gasteiger partial charge in [0.2, 0.25) is 17.7 Å². The van der Waals surface area contributed by atoms with Crippen LogP contribution in [0.5, 0.6) is 0 Å². The van der Waals surface area contributed by atoms with Crippen molar-refractivity contribution in [2.24, 2.45) is 11.8 Å². The molecule has 11 heteroatoms. The van der Waals surface area contributed by atoms with Gasteiger partial charge in [-0.1, -0.05) is 26.0 Å². The van der Waals surface area contributed by atoms with Gasteiger partial charge < -0.3 is 31.2 Å². The normalized spacial score (nSPS) is 18.1. The van der Waals surface area contributed by atoms with Crippen molar-refractivity contribution < 1.29 is 33.5 Å². The zero-order chi connectivity index (χ0) is 26.0. The van der Waals surface area contributed by atoms with E-state index in [4.69, 9.17) is 5.11 Å². The third-order valence-electron chi connectivity index (χ3n) is 5.74. The number of hydrogen-bond acceptors (Lipinski definition) is 5. The number of carbonyl (C=O) groups excluding carboxylic acids is 4. The van der Waals surface area contributed by atoms with E-state index in [0.29, 0.717) is 24.8 Å². The van der Waals surface area contributed by atoms with Gasteiger partial charge in [0.1, 0.15) is 24.2 Å². The maximum Gasteiger partial charge on any atom is 0.405 e. The Kier molecular flexibility index (Phi) is 10.6. The van der Waals surface area contributed by atoms with Gasteiger partial charge in [-0.25, -0.2) is 9.18 Å². The zero-order valence-electron chi connectivity index (χ0n) is 19.9. The molecule has 4 amide bonds. The standard InChI is InChI=1S/C24H33FN4O6/c1-14(2)10-19(22(32)27-18(13-30)12-16-4-3-9-26-21(16)31)28-23(33)20(29-24(34)35)11-15-5-7-17(25)8-6-15/h5-8,13-14,16,18-20,29H,3-4,9-12H2,1-2H3,(H,26,31)(H,27,32)(H,28,33)(H,34,35)/t16-,18-,19-,20-/m0/s1. The molecule has 1 aliphatic rings. The number of carboxylic acid groups (broad SMARTS) is 1. The zero-order valence-corrected chi connectivity index (χ0v) is 19.9. The number of piperidine rings is 1. The van der Waals surface area contributed by atoms with Crippen LogP contribution in [0.3, 0.4) is 0 Å². The quantitative estimate of drug-likeness (QED) is 0.276. The van der Waals surface area contributed by atoms with Crippen LogP contribution >= 0.6 is 0 Å². The molecule has 1 aromatic rings. The van der Waals surface area contributed by atoms with Gasteiger partial charge >= 0.3 is 6.09 Å². The summed E-state index contributed by atoms with van der Waals surface area (Å²) in [6.07, 6.45) is 0.877. The van der Waals surface area contributed by atoms with E-state index in [9.17, 15) is 28.4 Å². The SMILES string of the molecule is CC(C)C[C@H](NC(=O)[C@H](Cc1ccc(F)cc1)NC(=O)O)C(=O)N[C@H](C=O)C[C@@H]1CCCNC1=O. The predicted octanol–water partition coefficient (Wildman–Crippen LogP) is 1.14. The van der Waals surface area contributed by atoms with E-state index in [0.717, 1.165) is 6.42 Å². The molecule has 35 heavy (non-hydrogen) atoms. The molecule has 1 heterocycles. The van der Waals surface area contributed by atoms with Gasteiger partial charge in [-0.05, 0) is 49.3 Å². The van der Waals surface area contributed by atoms with Crippen LogP contribution in [-0.4, -0.2) is 59.9 Å². The van der Waals surface area contributed by atoms with E-state index >= 15 is 0 Å². The fourth-order valence-corrected chi connectivity index (χ4v) is 3.99. The number of carbonyl (C=O) groups is 5. The summed E-state index contributed by atoms with van der Waals surface area (Å²) >= 11 is 0.